The third-order valence-electron chi connectivity index (χ3n) is 2.72. The molecule has 3 nitrogen and oxygen atoms in total. The van der Waals surface area contributed by atoms with Crippen LogP contribution in [0.4, 0.5) is 4.39 Å². The Hall–Kier alpha value is -1.23. The van der Waals surface area contributed by atoms with E-state index in [9.17, 15) is 14.0 Å². The van der Waals surface area contributed by atoms with Gasteiger partial charge in [-0.05, 0) is 25.5 Å². The summed E-state index contributed by atoms with van der Waals surface area (Å²) in [6.45, 7) is 1.88. The Morgan fingerprint density at radius 2 is 2.29 bits per heavy atom. The Morgan fingerprint density at radius 1 is 1.59 bits per heavy atom. The fourth-order valence-corrected chi connectivity index (χ4v) is 2.38. The molecule has 5 heteroatoms. The first kappa shape index (κ1) is 12.2. The van der Waals surface area contributed by atoms with E-state index in [0.717, 1.165) is 0 Å². The molecule has 90 valence electrons. The molecule has 0 radical (unpaired) electrons. The smallest absolute Gasteiger partial charge is 0.317 e. The Balaban J connectivity index is 2.36. The van der Waals surface area contributed by atoms with E-state index < -0.39 is 17.7 Å². The molecule has 1 aliphatic rings. The van der Waals surface area contributed by atoms with Gasteiger partial charge in [-0.2, -0.15) is 0 Å². The molecular weight excluding hydrogens is 291 g/mol. The molecule has 0 N–H and O–H groups in total. The van der Waals surface area contributed by atoms with Crippen LogP contribution >= 0.6 is 15.9 Å². The van der Waals surface area contributed by atoms with Crippen LogP contribution in [-0.4, -0.2) is 18.4 Å². The summed E-state index contributed by atoms with van der Waals surface area (Å²) in [5, 5.41) is 0. The second-order valence-electron chi connectivity index (χ2n) is 3.79. The summed E-state index contributed by atoms with van der Waals surface area (Å²) in [5.41, 5.74) is 0.575. The monoisotopic (exact) mass is 300 g/mol. The molecule has 1 aromatic carbocycles. The second-order valence-corrected chi connectivity index (χ2v) is 4.70. The third kappa shape index (κ3) is 2.11. The quantitative estimate of drug-likeness (QED) is 0.623. The van der Waals surface area contributed by atoms with E-state index in [1.807, 2.05) is 0 Å². The van der Waals surface area contributed by atoms with Crippen LogP contribution in [0.3, 0.4) is 0 Å². The maximum Gasteiger partial charge on any atom is 0.317 e. The summed E-state index contributed by atoms with van der Waals surface area (Å²) >= 11 is 3.12. The summed E-state index contributed by atoms with van der Waals surface area (Å²) in [4.78, 5) is 23.5. The van der Waals surface area contributed by atoms with E-state index in [2.05, 4.69) is 15.9 Å². The number of ketones is 1. The number of Topliss-reactive ketones (excluding diaryl/α,β-unsaturated/α-hetero) is 1. The van der Waals surface area contributed by atoms with Crippen LogP contribution in [0.15, 0.2) is 16.6 Å². The molecule has 1 aliphatic carbocycles. The number of carbonyl (C=O) groups is 2. The number of rotatable bonds is 2. The zero-order valence-electron chi connectivity index (χ0n) is 9.13. The minimum absolute atomic E-state index is 0.0894. The molecule has 17 heavy (non-hydrogen) atoms. The van der Waals surface area contributed by atoms with Crippen LogP contribution in [0.25, 0.3) is 0 Å². The zero-order valence-corrected chi connectivity index (χ0v) is 10.7. The number of carbonyl (C=O) groups excluding carboxylic acids is 2. The van der Waals surface area contributed by atoms with E-state index in [0.29, 0.717) is 10.0 Å². The van der Waals surface area contributed by atoms with Gasteiger partial charge >= 0.3 is 5.97 Å². The first-order chi connectivity index (χ1) is 8.04. The van der Waals surface area contributed by atoms with Crippen molar-refractivity contribution in [3.05, 3.63) is 33.5 Å². The maximum atomic E-state index is 13.6. The molecule has 0 amide bonds. The summed E-state index contributed by atoms with van der Waals surface area (Å²) in [5.74, 6) is -2.30. The molecule has 1 aromatic rings. The number of esters is 1. The van der Waals surface area contributed by atoms with E-state index in [-0.39, 0.29) is 24.4 Å². The number of hydrogen-bond donors (Lipinski definition) is 0. The number of hydrogen-bond acceptors (Lipinski definition) is 3. The molecule has 0 heterocycles. The topological polar surface area (TPSA) is 43.4 Å². The summed E-state index contributed by atoms with van der Waals surface area (Å²) < 4.78 is 18.9. The highest BCUT2D eigenvalue weighted by molar-refractivity contribution is 9.10. The van der Waals surface area contributed by atoms with Gasteiger partial charge in [0.25, 0.3) is 0 Å². The lowest BCUT2D eigenvalue weighted by atomic mass is 10.1. The third-order valence-corrected chi connectivity index (χ3v) is 3.18. The Bertz CT molecular complexity index is 499. The lowest BCUT2D eigenvalue weighted by molar-refractivity contribution is -0.145. The molecule has 2 rings (SSSR count). The van der Waals surface area contributed by atoms with Gasteiger partial charge in [0, 0.05) is 15.6 Å². The highest BCUT2D eigenvalue weighted by Gasteiger charge is 2.38. The average molecular weight is 301 g/mol. The average Bonchev–Trinajstić information content (AvgIpc) is 2.57. The molecule has 0 aliphatic heterocycles. The van der Waals surface area contributed by atoms with E-state index in [1.54, 1.807) is 13.0 Å². The zero-order chi connectivity index (χ0) is 12.6. The van der Waals surface area contributed by atoms with Crippen molar-refractivity contribution in [2.75, 3.05) is 6.61 Å². The number of ether oxygens (including phenoxy) is 1. The molecule has 0 aromatic heterocycles. The van der Waals surface area contributed by atoms with Gasteiger partial charge in [0.15, 0.2) is 5.78 Å². The van der Waals surface area contributed by atoms with Gasteiger partial charge in [-0.1, -0.05) is 15.9 Å². The van der Waals surface area contributed by atoms with Crippen molar-refractivity contribution in [3.8, 4) is 0 Å². The van der Waals surface area contributed by atoms with Gasteiger partial charge < -0.3 is 4.74 Å². The molecule has 0 saturated carbocycles. The first-order valence-corrected chi connectivity index (χ1v) is 6.02. The Kier molecular flexibility index (Phi) is 3.28. The standard InChI is InChI=1S/C12H10BrFO3/c1-2-17-12(16)9-5-7-8(11(9)15)3-6(13)4-10(7)14/h3-4,9H,2,5H2,1H3. The normalized spacial score (nSPS) is 18.1. The minimum atomic E-state index is -0.895. The molecule has 0 saturated heterocycles. The van der Waals surface area contributed by atoms with Crippen molar-refractivity contribution in [1.29, 1.82) is 0 Å². The summed E-state index contributed by atoms with van der Waals surface area (Å²) in [7, 11) is 0. The van der Waals surface area contributed by atoms with Crippen LogP contribution in [0.1, 0.15) is 22.8 Å². The largest absolute Gasteiger partial charge is 0.465 e. The van der Waals surface area contributed by atoms with Gasteiger partial charge in [-0.3, -0.25) is 9.59 Å². The van der Waals surface area contributed by atoms with Crippen molar-refractivity contribution < 1.29 is 18.7 Å². The fraction of sp³-hybridized carbons (Fsp3) is 0.333. The van der Waals surface area contributed by atoms with Crippen LogP contribution in [-0.2, 0) is 16.0 Å². The SMILES string of the molecule is CCOC(=O)C1Cc2c(F)cc(Br)cc2C1=O. The van der Waals surface area contributed by atoms with E-state index in [4.69, 9.17) is 4.74 Å². The van der Waals surface area contributed by atoms with Crippen molar-refractivity contribution in [2.24, 2.45) is 5.92 Å². The van der Waals surface area contributed by atoms with Crippen LogP contribution in [0.2, 0.25) is 0 Å². The highest BCUT2D eigenvalue weighted by Crippen LogP contribution is 2.32. The Morgan fingerprint density at radius 3 is 2.94 bits per heavy atom. The van der Waals surface area contributed by atoms with Gasteiger partial charge in [-0.25, -0.2) is 4.39 Å². The molecule has 0 bridgehead atoms. The Labute approximate surface area is 106 Å². The van der Waals surface area contributed by atoms with Crippen LogP contribution < -0.4 is 0 Å². The molecule has 1 atom stereocenters. The first-order valence-electron chi connectivity index (χ1n) is 5.23. The molecule has 0 spiro atoms. The molecular formula is C12H10BrFO3. The molecule has 1 unspecified atom stereocenters. The lowest BCUT2D eigenvalue weighted by Gasteiger charge is -2.06. The predicted molar refractivity (Wildman–Crippen MR) is 62.3 cm³/mol. The van der Waals surface area contributed by atoms with Crippen LogP contribution in [0, 0.1) is 11.7 Å². The van der Waals surface area contributed by atoms with Crippen LogP contribution in [0.5, 0.6) is 0 Å². The maximum absolute atomic E-state index is 13.6. The lowest BCUT2D eigenvalue weighted by Crippen LogP contribution is -2.23. The number of benzene rings is 1. The van der Waals surface area contributed by atoms with Gasteiger partial charge in [-0.15, -0.1) is 0 Å². The van der Waals surface area contributed by atoms with Crippen molar-refractivity contribution >= 4 is 27.7 Å². The number of halogens is 2. The van der Waals surface area contributed by atoms with Crippen molar-refractivity contribution in [2.45, 2.75) is 13.3 Å². The summed E-state index contributed by atoms with van der Waals surface area (Å²) in [6.07, 6.45) is 0.0894. The van der Waals surface area contributed by atoms with Crippen molar-refractivity contribution in [3.63, 3.8) is 0 Å². The second kappa shape index (κ2) is 4.56. The predicted octanol–water partition coefficient (Wildman–Crippen LogP) is 2.51. The van der Waals surface area contributed by atoms with Crippen molar-refractivity contribution in [1.82, 2.24) is 0 Å². The van der Waals surface area contributed by atoms with Gasteiger partial charge in [0.05, 0.1) is 6.61 Å². The highest BCUT2D eigenvalue weighted by atomic mass is 79.9. The summed E-state index contributed by atoms with van der Waals surface area (Å²) in [6, 6.07) is 2.83. The van der Waals surface area contributed by atoms with Gasteiger partial charge in [0.1, 0.15) is 11.7 Å². The fourth-order valence-electron chi connectivity index (χ4n) is 1.95. The van der Waals surface area contributed by atoms with Gasteiger partial charge in [0.2, 0.25) is 0 Å². The number of fused-ring (bicyclic) bond motifs is 1. The minimum Gasteiger partial charge on any atom is -0.465 e. The molecule has 0 fully saturated rings. The van der Waals surface area contributed by atoms with E-state index in [1.165, 1.54) is 6.07 Å². The van der Waals surface area contributed by atoms with E-state index >= 15 is 0 Å².